The van der Waals surface area contributed by atoms with Crippen molar-refractivity contribution < 1.29 is 14.3 Å². The van der Waals surface area contributed by atoms with Crippen LogP contribution in [0.4, 0.5) is 0 Å². The zero-order chi connectivity index (χ0) is 13.3. The van der Waals surface area contributed by atoms with Gasteiger partial charge in [-0.1, -0.05) is 6.07 Å². The van der Waals surface area contributed by atoms with E-state index >= 15 is 0 Å². The van der Waals surface area contributed by atoms with Crippen molar-refractivity contribution in [2.24, 2.45) is 5.92 Å². The Morgan fingerprint density at radius 1 is 1.47 bits per heavy atom. The van der Waals surface area contributed by atoms with E-state index in [-0.39, 0.29) is 18.4 Å². The molecule has 2 aromatic rings. The van der Waals surface area contributed by atoms with Crippen molar-refractivity contribution in [2.45, 2.75) is 18.4 Å². The van der Waals surface area contributed by atoms with Crippen molar-refractivity contribution in [1.29, 1.82) is 0 Å². The van der Waals surface area contributed by atoms with Gasteiger partial charge in [-0.05, 0) is 42.3 Å². The van der Waals surface area contributed by atoms with Crippen LogP contribution in [-0.4, -0.2) is 17.6 Å². The first-order chi connectivity index (χ1) is 9.20. The molecule has 1 fully saturated rings. The Labute approximate surface area is 115 Å². The molecule has 1 aliphatic carbocycles. The van der Waals surface area contributed by atoms with Crippen LogP contribution in [0.5, 0.6) is 0 Å². The summed E-state index contributed by atoms with van der Waals surface area (Å²) in [6.07, 6.45) is 3.47. The molecule has 19 heavy (non-hydrogen) atoms. The smallest absolute Gasteiger partial charge is 0.261 e. The van der Waals surface area contributed by atoms with Gasteiger partial charge >= 0.3 is 0 Å². The molecule has 0 spiro atoms. The van der Waals surface area contributed by atoms with Gasteiger partial charge in [-0.3, -0.25) is 4.79 Å². The standard InChI is InChI=1S/C14H15NO3S/c16-13(11-3-2-8-19-11)15-9-14(17,10-5-6-10)12-4-1-7-18-12/h1-4,7-8,10,17H,5-6,9H2,(H,15,16). The molecule has 1 aliphatic rings. The minimum Gasteiger partial charge on any atom is -0.466 e. The summed E-state index contributed by atoms with van der Waals surface area (Å²) in [5.41, 5.74) is -1.09. The highest BCUT2D eigenvalue weighted by Crippen LogP contribution is 2.45. The molecule has 1 saturated carbocycles. The zero-order valence-corrected chi connectivity index (χ0v) is 11.2. The summed E-state index contributed by atoms with van der Waals surface area (Å²) < 4.78 is 5.32. The fraction of sp³-hybridized carbons (Fsp3) is 0.357. The summed E-state index contributed by atoms with van der Waals surface area (Å²) >= 11 is 1.39. The number of carbonyl (C=O) groups is 1. The lowest BCUT2D eigenvalue weighted by molar-refractivity contribution is -0.00607. The molecule has 0 aliphatic heterocycles. The number of hydrogen-bond acceptors (Lipinski definition) is 4. The van der Waals surface area contributed by atoms with Gasteiger partial charge in [0.15, 0.2) is 0 Å². The lowest BCUT2D eigenvalue weighted by Gasteiger charge is -2.26. The van der Waals surface area contributed by atoms with E-state index in [1.54, 1.807) is 24.5 Å². The van der Waals surface area contributed by atoms with Crippen molar-refractivity contribution in [3.8, 4) is 0 Å². The predicted molar refractivity (Wildman–Crippen MR) is 72.0 cm³/mol. The van der Waals surface area contributed by atoms with Gasteiger partial charge in [0, 0.05) is 0 Å². The van der Waals surface area contributed by atoms with Crippen LogP contribution in [0.1, 0.15) is 28.3 Å². The molecule has 1 amide bonds. The van der Waals surface area contributed by atoms with Gasteiger partial charge in [-0.2, -0.15) is 0 Å². The second-order valence-electron chi connectivity index (χ2n) is 4.84. The first-order valence-electron chi connectivity index (χ1n) is 6.28. The third kappa shape index (κ3) is 2.43. The van der Waals surface area contributed by atoms with E-state index in [2.05, 4.69) is 5.32 Å². The monoisotopic (exact) mass is 277 g/mol. The second kappa shape index (κ2) is 4.83. The van der Waals surface area contributed by atoms with Gasteiger partial charge in [-0.15, -0.1) is 11.3 Å². The average Bonchev–Trinajstić information content (AvgIpc) is 2.95. The summed E-state index contributed by atoms with van der Waals surface area (Å²) in [6.45, 7) is 0.182. The third-order valence-electron chi connectivity index (χ3n) is 3.46. The summed E-state index contributed by atoms with van der Waals surface area (Å²) in [5.74, 6) is 0.546. The average molecular weight is 277 g/mol. The number of hydrogen-bond donors (Lipinski definition) is 2. The zero-order valence-electron chi connectivity index (χ0n) is 10.3. The number of furan rings is 1. The molecule has 100 valence electrons. The fourth-order valence-electron chi connectivity index (χ4n) is 2.23. The number of thiophene rings is 1. The number of amides is 1. The van der Waals surface area contributed by atoms with E-state index in [4.69, 9.17) is 4.42 Å². The molecule has 4 nitrogen and oxygen atoms in total. The molecule has 1 atom stereocenters. The first-order valence-corrected chi connectivity index (χ1v) is 7.16. The maximum absolute atomic E-state index is 11.9. The topological polar surface area (TPSA) is 62.5 Å². The van der Waals surface area contributed by atoms with Crippen LogP contribution in [0.2, 0.25) is 0 Å². The minimum atomic E-state index is -1.09. The normalized spacial score (nSPS) is 17.9. The maximum atomic E-state index is 11.9. The Morgan fingerprint density at radius 3 is 2.89 bits per heavy atom. The number of carbonyl (C=O) groups excluding carboxylic acids is 1. The van der Waals surface area contributed by atoms with Gasteiger partial charge in [0.1, 0.15) is 11.4 Å². The van der Waals surface area contributed by atoms with Crippen LogP contribution in [0.3, 0.4) is 0 Å². The molecule has 2 aromatic heterocycles. The summed E-state index contributed by atoms with van der Waals surface area (Å²) in [7, 11) is 0. The molecule has 0 aromatic carbocycles. The van der Waals surface area contributed by atoms with Crippen LogP contribution >= 0.6 is 11.3 Å². The summed E-state index contributed by atoms with van der Waals surface area (Å²) in [4.78, 5) is 12.6. The van der Waals surface area contributed by atoms with Crippen LogP contribution < -0.4 is 5.32 Å². The Morgan fingerprint density at radius 2 is 2.32 bits per heavy atom. The van der Waals surface area contributed by atoms with Crippen LogP contribution in [-0.2, 0) is 5.60 Å². The molecule has 2 heterocycles. The fourth-order valence-corrected chi connectivity index (χ4v) is 2.87. The Bertz CT molecular complexity index is 545. The molecular formula is C14H15NO3S. The molecule has 0 bridgehead atoms. The summed E-state index contributed by atoms with van der Waals surface area (Å²) in [5, 5.41) is 15.4. The molecular weight excluding hydrogens is 262 g/mol. The van der Waals surface area contributed by atoms with Gasteiger partial charge in [0.2, 0.25) is 0 Å². The van der Waals surface area contributed by atoms with Crippen molar-refractivity contribution in [1.82, 2.24) is 5.32 Å². The molecule has 0 saturated heterocycles. The van der Waals surface area contributed by atoms with Gasteiger partial charge in [-0.25, -0.2) is 0 Å². The quantitative estimate of drug-likeness (QED) is 0.882. The lowest BCUT2D eigenvalue weighted by Crippen LogP contribution is -2.42. The second-order valence-corrected chi connectivity index (χ2v) is 5.78. The van der Waals surface area contributed by atoms with Crippen LogP contribution in [0, 0.1) is 5.92 Å². The Kier molecular flexibility index (Phi) is 3.16. The van der Waals surface area contributed by atoms with Crippen molar-refractivity contribution in [3.63, 3.8) is 0 Å². The molecule has 5 heteroatoms. The minimum absolute atomic E-state index is 0.152. The highest BCUT2D eigenvalue weighted by Gasteiger charge is 2.47. The SMILES string of the molecule is O=C(NCC(O)(c1ccco1)C1CC1)c1cccs1. The maximum Gasteiger partial charge on any atom is 0.261 e. The molecule has 0 radical (unpaired) electrons. The van der Waals surface area contributed by atoms with E-state index in [0.717, 1.165) is 12.8 Å². The molecule has 2 N–H and O–H groups in total. The van der Waals surface area contributed by atoms with Gasteiger partial charge in [0.05, 0.1) is 17.7 Å². The number of aliphatic hydroxyl groups is 1. The molecule has 1 unspecified atom stereocenters. The van der Waals surface area contributed by atoms with Crippen molar-refractivity contribution in [3.05, 3.63) is 46.5 Å². The number of rotatable bonds is 5. The van der Waals surface area contributed by atoms with Crippen molar-refractivity contribution >= 4 is 17.2 Å². The van der Waals surface area contributed by atoms with Gasteiger partial charge in [0.25, 0.3) is 5.91 Å². The number of nitrogens with one attached hydrogen (secondary N) is 1. The molecule has 3 rings (SSSR count). The Balaban J connectivity index is 1.71. The largest absolute Gasteiger partial charge is 0.466 e. The van der Waals surface area contributed by atoms with Crippen molar-refractivity contribution in [2.75, 3.05) is 6.54 Å². The highest BCUT2D eigenvalue weighted by molar-refractivity contribution is 7.12. The van der Waals surface area contributed by atoms with E-state index in [1.807, 2.05) is 11.4 Å². The highest BCUT2D eigenvalue weighted by atomic mass is 32.1. The van der Waals surface area contributed by atoms with Crippen LogP contribution in [0.15, 0.2) is 40.3 Å². The van der Waals surface area contributed by atoms with E-state index < -0.39 is 5.60 Å². The third-order valence-corrected chi connectivity index (χ3v) is 4.33. The summed E-state index contributed by atoms with van der Waals surface area (Å²) in [6, 6.07) is 7.11. The first kappa shape index (κ1) is 12.4. The van der Waals surface area contributed by atoms with E-state index in [9.17, 15) is 9.90 Å². The van der Waals surface area contributed by atoms with Gasteiger partial charge < -0.3 is 14.8 Å². The van der Waals surface area contributed by atoms with Crippen LogP contribution in [0.25, 0.3) is 0 Å². The van der Waals surface area contributed by atoms with E-state index in [1.165, 1.54) is 11.3 Å². The van der Waals surface area contributed by atoms with E-state index in [0.29, 0.717) is 10.6 Å². The lowest BCUT2D eigenvalue weighted by atomic mass is 9.94. The Hall–Kier alpha value is -1.59. The predicted octanol–water partition coefficient (Wildman–Crippen LogP) is 2.37.